The van der Waals surface area contributed by atoms with Gasteiger partial charge in [-0.15, -0.1) is 0 Å². The predicted octanol–water partition coefficient (Wildman–Crippen LogP) is 2.47. The molecule has 3 heteroatoms. The Labute approximate surface area is 103 Å². The molecule has 1 rings (SSSR count). The van der Waals surface area contributed by atoms with E-state index in [4.69, 9.17) is 10.4 Å². The molecule has 92 valence electrons. The van der Waals surface area contributed by atoms with Crippen LogP contribution in [0.5, 0.6) is 0 Å². The van der Waals surface area contributed by atoms with E-state index in [-0.39, 0.29) is 6.61 Å². The van der Waals surface area contributed by atoms with E-state index in [0.717, 1.165) is 30.6 Å². The molecular formula is C14H20N2O. The number of unbranched alkanes of at least 4 members (excludes halogenated alkanes) is 1. The molecule has 0 aromatic heterocycles. The highest BCUT2D eigenvalue weighted by Gasteiger charge is 2.12. The monoisotopic (exact) mass is 232 g/mol. The van der Waals surface area contributed by atoms with Crippen molar-refractivity contribution in [2.45, 2.75) is 26.7 Å². The third-order valence-corrected chi connectivity index (χ3v) is 2.83. The maximum atomic E-state index is 9.15. The first-order valence-electron chi connectivity index (χ1n) is 6.10. The van der Waals surface area contributed by atoms with Crippen LogP contribution in [0.25, 0.3) is 0 Å². The Bertz CT molecular complexity index is 396. The predicted molar refractivity (Wildman–Crippen MR) is 70.1 cm³/mol. The van der Waals surface area contributed by atoms with E-state index in [1.807, 2.05) is 25.1 Å². The first-order chi connectivity index (χ1) is 8.24. The zero-order valence-electron chi connectivity index (χ0n) is 10.6. The van der Waals surface area contributed by atoms with Gasteiger partial charge in [0.1, 0.15) is 6.07 Å². The van der Waals surface area contributed by atoms with Gasteiger partial charge < -0.3 is 10.0 Å². The molecular weight excluding hydrogens is 212 g/mol. The molecule has 0 saturated carbocycles. The highest BCUT2D eigenvalue weighted by molar-refractivity contribution is 5.64. The third-order valence-electron chi connectivity index (χ3n) is 2.83. The first-order valence-corrected chi connectivity index (χ1v) is 6.10. The van der Waals surface area contributed by atoms with Crippen molar-refractivity contribution in [3.05, 3.63) is 29.3 Å². The van der Waals surface area contributed by atoms with Crippen molar-refractivity contribution >= 4 is 5.69 Å². The minimum absolute atomic E-state index is 0.114. The van der Waals surface area contributed by atoms with Crippen LogP contribution in [-0.2, 0) is 0 Å². The average molecular weight is 232 g/mol. The van der Waals surface area contributed by atoms with Gasteiger partial charge in [0, 0.05) is 13.1 Å². The van der Waals surface area contributed by atoms with Gasteiger partial charge in [0.05, 0.1) is 17.9 Å². The number of hydrogen-bond donors (Lipinski definition) is 1. The molecule has 0 heterocycles. The Balaban J connectivity index is 3.04. The highest BCUT2D eigenvalue weighted by atomic mass is 16.3. The van der Waals surface area contributed by atoms with Gasteiger partial charge in [-0.05, 0) is 25.0 Å². The summed E-state index contributed by atoms with van der Waals surface area (Å²) in [5.41, 5.74) is 2.75. The smallest absolute Gasteiger partial charge is 0.101 e. The van der Waals surface area contributed by atoms with Gasteiger partial charge in [0.15, 0.2) is 0 Å². The Morgan fingerprint density at radius 3 is 2.71 bits per heavy atom. The lowest BCUT2D eigenvalue weighted by Crippen LogP contribution is -2.29. The summed E-state index contributed by atoms with van der Waals surface area (Å²) in [5.74, 6) is 0. The van der Waals surface area contributed by atoms with Crippen molar-refractivity contribution in [1.29, 1.82) is 5.26 Å². The second-order valence-electron chi connectivity index (χ2n) is 4.15. The number of rotatable bonds is 6. The molecule has 0 atom stereocenters. The molecule has 0 fully saturated rings. The molecule has 1 aromatic rings. The summed E-state index contributed by atoms with van der Waals surface area (Å²) in [6.45, 7) is 5.73. The largest absolute Gasteiger partial charge is 0.395 e. The van der Waals surface area contributed by atoms with Crippen molar-refractivity contribution in [2.75, 3.05) is 24.6 Å². The number of benzene rings is 1. The van der Waals surface area contributed by atoms with E-state index in [1.54, 1.807) is 0 Å². The van der Waals surface area contributed by atoms with E-state index in [9.17, 15) is 0 Å². The Hall–Kier alpha value is -1.53. The topological polar surface area (TPSA) is 47.3 Å². The summed E-state index contributed by atoms with van der Waals surface area (Å²) in [7, 11) is 0. The molecule has 3 nitrogen and oxygen atoms in total. The molecule has 0 saturated heterocycles. The van der Waals surface area contributed by atoms with Crippen LogP contribution in [-0.4, -0.2) is 24.8 Å². The normalized spacial score (nSPS) is 10.0. The maximum Gasteiger partial charge on any atom is 0.101 e. The summed E-state index contributed by atoms with van der Waals surface area (Å²) < 4.78 is 0. The second kappa shape index (κ2) is 6.93. The minimum atomic E-state index is 0.114. The van der Waals surface area contributed by atoms with Gasteiger partial charge in [-0.1, -0.05) is 25.5 Å². The number of aryl methyl sites for hydroxylation is 1. The van der Waals surface area contributed by atoms with Gasteiger partial charge in [0.2, 0.25) is 0 Å². The van der Waals surface area contributed by atoms with Gasteiger partial charge in [-0.2, -0.15) is 5.26 Å². The minimum Gasteiger partial charge on any atom is -0.395 e. The standard InChI is InChI=1S/C14H20N2O/c1-3-4-8-16(9-10-17)14-12(2)6-5-7-13(14)11-15/h5-7,17H,3-4,8-10H2,1-2H3. The number of nitriles is 1. The third kappa shape index (κ3) is 3.47. The van der Waals surface area contributed by atoms with Gasteiger partial charge in [-0.25, -0.2) is 0 Å². The van der Waals surface area contributed by atoms with Crippen molar-refractivity contribution in [2.24, 2.45) is 0 Å². The molecule has 0 aliphatic heterocycles. The van der Waals surface area contributed by atoms with Crippen molar-refractivity contribution in [3.63, 3.8) is 0 Å². The number of aliphatic hydroxyl groups is 1. The lowest BCUT2D eigenvalue weighted by atomic mass is 10.1. The van der Waals surface area contributed by atoms with E-state index < -0.39 is 0 Å². The van der Waals surface area contributed by atoms with Crippen LogP contribution >= 0.6 is 0 Å². The summed E-state index contributed by atoms with van der Waals surface area (Å²) >= 11 is 0. The second-order valence-corrected chi connectivity index (χ2v) is 4.15. The van der Waals surface area contributed by atoms with Crippen molar-refractivity contribution in [3.8, 4) is 6.07 Å². The zero-order chi connectivity index (χ0) is 12.7. The Morgan fingerprint density at radius 2 is 2.12 bits per heavy atom. The van der Waals surface area contributed by atoms with Crippen LogP contribution in [0.1, 0.15) is 30.9 Å². The lowest BCUT2D eigenvalue weighted by molar-refractivity contribution is 0.301. The molecule has 1 N–H and O–H groups in total. The first kappa shape index (κ1) is 13.5. The number of aliphatic hydroxyl groups excluding tert-OH is 1. The van der Waals surface area contributed by atoms with E-state index >= 15 is 0 Å². The molecule has 0 unspecified atom stereocenters. The SMILES string of the molecule is CCCCN(CCO)c1c(C)cccc1C#N. The van der Waals surface area contributed by atoms with E-state index in [2.05, 4.69) is 17.9 Å². The van der Waals surface area contributed by atoms with Crippen molar-refractivity contribution < 1.29 is 5.11 Å². The van der Waals surface area contributed by atoms with Crippen molar-refractivity contribution in [1.82, 2.24) is 0 Å². The highest BCUT2D eigenvalue weighted by Crippen LogP contribution is 2.24. The van der Waals surface area contributed by atoms with Gasteiger partial charge >= 0.3 is 0 Å². The lowest BCUT2D eigenvalue weighted by Gasteiger charge is -2.26. The fourth-order valence-electron chi connectivity index (χ4n) is 1.97. The van der Waals surface area contributed by atoms with Crippen LogP contribution < -0.4 is 4.90 Å². The van der Waals surface area contributed by atoms with Crippen LogP contribution in [0.3, 0.4) is 0 Å². The van der Waals surface area contributed by atoms with Crippen LogP contribution in [0.15, 0.2) is 18.2 Å². The number of nitrogens with zero attached hydrogens (tertiary/aromatic N) is 2. The molecule has 0 bridgehead atoms. The summed E-state index contributed by atoms with van der Waals surface area (Å²) in [4.78, 5) is 2.11. The van der Waals surface area contributed by atoms with Gasteiger partial charge in [0.25, 0.3) is 0 Å². The zero-order valence-corrected chi connectivity index (χ0v) is 10.6. The summed E-state index contributed by atoms with van der Waals surface area (Å²) in [6.07, 6.45) is 2.18. The number of hydrogen-bond acceptors (Lipinski definition) is 3. The van der Waals surface area contributed by atoms with Crippen LogP contribution in [0.4, 0.5) is 5.69 Å². The van der Waals surface area contributed by atoms with Crippen LogP contribution in [0.2, 0.25) is 0 Å². The molecule has 0 aliphatic rings. The Morgan fingerprint density at radius 1 is 1.35 bits per heavy atom. The molecule has 0 radical (unpaired) electrons. The number of para-hydroxylation sites is 1. The maximum absolute atomic E-state index is 9.15. The van der Waals surface area contributed by atoms with E-state index in [1.165, 1.54) is 0 Å². The molecule has 1 aromatic carbocycles. The Kier molecular flexibility index (Phi) is 5.51. The molecule has 0 spiro atoms. The summed E-state index contributed by atoms with van der Waals surface area (Å²) in [5, 5.41) is 18.3. The fourth-order valence-corrected chi connectivity index (χ4v) is 1.97. The summed E-state index contributed by atoms with van der Waals surface area (Å²) in [6, 6.07) is 7.96. The number of anilines is 1. The van der Waals surface area contributed by atoms with Crippen LogP contribution in [0, 0.1) is 18.3 Å². The quantitative estimate of drug-likeness (QED) is 0.819. The molecule has 17 heavy (non-hydrogen) atoms. The molecule has 0 amide bonds. The fraction of sp³-hybridized carbons (Fsp3) is 0.500. The van der Waals surface area contributed by atoms with Gasteiger partial charge in [-0.3, -0.25) is 0 Å². The average Bonchev–Trinajstić information content (AvgIpc) is 2.34. The molecule has 0 aliphatic carbocycles. The van der Waals surface area contributed by atoms with E-state index in [0.29, 0.717) is 12.1 Å².